The fraction of sp³-hybridized carbons (Fsp3) is 0.200. The fourth-order valence-corrected chi connectivity index (χ4v) is 3.56. The van der Waals surface area contributed by atoms with Crippen molar-refractivity contribution >= 4 is 17.4 Å². The summed E-state index contributed by atoms with van der Waals surface area (Å²) < 4.78 is 3.44. The van der Waals surface area contributed by atoms with E-state index in [1.165, 1.54) is 11.0 Å². The number of aromatic nitrogens is 6. The van der Waals surface area contributed by atoms with Crippen molar-refractivity contribution in [2.75, 3.05) is 18.0 Å². The number of anilines is 1. The van der Waals surface area contributed by atoms with Gasteiger partial charge in [-0.25, -0.2) is 19.6 Å². The molecule has 1 aromatic carbocycles. The molecule has 1 fully saturated rings. The van der Waals surface area contributed by atoms with Crippen LogP contribution in [0.4, 0.5) is 5.82 Å². The van der Waals surface area contributed by atoms with Gasteiger partial charge in [0.2, 0.25) is 5.82 Å². The van der Waals surface area contributed by atoms with Crippen LogP contribution in [0.5, 0.6) is 0 Å². The minimum absolute atomic E-state index is 0.0311. The third kappa shape index (κ3) is 3.22. The molecule has 3 aromatic heterocycles. The Hall–Kier alpha value is -4.26. The van der Waals surface area contributed by atoms with Gasteiger partial charge < -0.3 is 14.6 Å². The number of hydrogen-bond donors (Lipinski definition) is 1. The zero-order chi connectivity index (χ0) is 20.5. The molecule has 1 aliphatic rings. The zero-order valence-electron chi connectivity index (χ0n) is 15.9. The van der Waals surface area contributed by atoms with Gasteiger partial charge in [0.1, 0.15) is 6.33 Å². The van der Waals surface area contributed by atoms with Crippen molar-refractivity contribution in [3.8, 4) is 11.8 Å². The summed E-state index contributed by atoms with van der Waals surface area (Å²) in [5.74, 6) is 0.593. The van der Waals surface area contributed by atoms with E-state index < -0.39 is 0 Å². The van der Waals surface area contributed by atoms with Crippen molar-refractivity contribution in [1.29, 1.82) is 5.26 Å². The molecule has 1 saturated heterocycles. The summed E-state index contributed by atoms with van der Waals surface area (Å²) in [6.07, 6.45) is 9.51. The average Bonchev–Trinajstić information content (AvgIpc) is 3.53. The number of amides is 1. The van der Waals surface area contributed by atoms with Crippen LogP contribution in [-0.2, 0) is 0 Å². The molecule has 10 heteroatoms. The summed E-state index contributed by atoms with van der Waals surface area (Å²) in [7, 11) is 0. The second-order valence-electron chi connectivity index (χ2n) is 6.99. The average molecular weight is 399 g/mol. The van der Waals surface area contributed by atoms with Crippen LogP contribution < -0.4 is 10.2 Å². The molecule has 1 aliphatic heterocycles. The maximum absolute atomic E-state index is 12.6. The lowest BCUT2D eigenvalue weighted by Gasteiger charge is -2.18. The smallest absolute Gasteiger partial charge is 0.291 e. The van der Waals surface area contributed by atoms with Gasteiger partial charge in [-0.15, -0.1) is 5.10 Å². The molecule has 1 atom stereocenters. The number of hydrogen-bond acceptors (Lipinski definition) is 7. The van der Waals surface area contributed by atoms with Crippen LogP contribution in [0.15, 0.2) is 55.4 Å². The van der Waals surface area contributed by atoms with Gasteiger partial charge in [0.15, 0.2) is 11.5 Å². The van der Waals surface area contributed by atoms with Gasteiger partial charge in [-0.3, -0.25) is 4.79 Å². The Labute approximate surface area is 171 Å². The van der Waals surface area contributed by atoms with Crippen LogP contribution in [0.1, 0.15) is 22.6 Å². The lowest BCUT2D eigenvalue weighted by atomic mass is 10.2. The van der Waals surface area contributed by atoms with Crippen molar-refractivity contribution in [3.63, 3.8) is 0 Å². The van der Waals surface area contributed by atoms with Crippen LogP contribution in [0.25, 0.3) is 11.3 Å². The molecule has 4 heterocycles. The first kappa shape index (κ1) is 17.8. The van der Waals surface area contributed by atoms with E-state index in [2.05, 4.69) is 36.3 Å². The molecule has 148 valence electrons. The maximum Gasteiger partial charge on any atom is 0.291 e. The van der Waals surface area contributed by atoms with E-state index >= 15 is 0 Å². The maximum atomic E-state index is 12.6. The van der Waals surface area contributed by atoms with Crippen molar-refractivity contribution in [3.05, 3.63) is 66.8 Å². The van der Waals surface area contributed by atoms with Gasteiger partial charge >= 0.3 is 0 Å². The molecule has 10 nitrogen and oxygen atoms in total. The lowest BCUT2D eigenvalue weighted by Crippen LogP contribution is -2.37. The van der Waals surface area contributed by atoms with Gasteiger partial charge in [0.25, 0.3) is 5.91 Å². The second-order valence-corrected chi connectivity index (χ2v) is 6.99. The van der Waals surface area contributed by atoms with Crippen LogP contribution in [0, 0.1) is 11.3 Å². The van der Waals surface area contributed by atoms with Gasteiger partial charge in [-0.1, -0.05) is 0 Å². The second kappa shape index (κ2) is 7.29. The van der Waals surface area contributed by atoms with Crippen LogP contribution in [-0.4, -0.2) is 54.2 Å². The van der Waals surface area contributed by atoms with E-state index in [1.54, 1.807) is 36.7 Å². The lowest BCUT2D eigenvalue weighted by molar-refractivity contribution is 0.0930. The summed E-state index contributed by atoms with van der Waals surface area (Å²) >= 11 is 0. The molecule has 4 aromatic rings. The summed E-state index contributed by atoms with van der Waals surface area (Å²) in [6, 6.07) is 8.94. The predicted octanol–water partition coefficient (Wildman–Crippen LogP) is 1.19. The van der Waals surface area contributed by atoms with Gasteiger partial charge in [0, 0.05) is 43.9 Å². The van der Waals surface area contributed by atoms with Gasteiger partial charge in [-0.05, 0) is 30.7 Å². The molecular weight excluding hydrogens is 382 g/mol. The summed E-state index contributed by atoms with van der Waals surface area (Å²) in [4.78, 5) is 27.7. The van der Waals surface area contributed by atoms with Crippen LogP contribution in [0.3, 0.4) is 0 Å². The van der Waals surface area contributed by atoms with Crippen molar-refractivity contribution in [1.82, 2.24) is 34.4 Å². The number of carbonyl (C=O) groups is 1. The van der Waals surface area contributed by atoms with Gasteiger partial charge in [0.05, 0.1) is 17.3 Å². The highest BCUT2D eigenvalue weighted by molar-refractivity contribution is 5.90. The molecule has 0 bridgehead atoms. The van der Waals surface area contributed by atoms with Gasteiger partial charge in [-0.2, -0.15) is 5.26 Å². The number of nitrogens with one attached hydrogen (secondary N) is 1. The minimum atomic E-state index is -0.318. The summed E-state index contributed by atoms with van der Waals surface area (Å²) in [5.41, 5.74) is 2.09. The summed E-state index contributed by atoms with van der Waals surface area (Å²) in [5, 5.41) is 16.2. The first-order chi connectivity index (χ1) is 14.7. The Kier molecular flexibility index (Phi) is 4.33. The molecule has 1 amide bonds. The highest BCUT2D eigenvalue weighted by Gasteiger charge is 2.27. The Morgan fingerprint density at radius 1 is 1.13 bits per heavy atom. The summed E-state index contributed by atoms with van der Waals surface area (Å²) in [6.45, 7) is 1.42. The largest absolute Gasteiger partial charge is 0.351 e. The third-order valence-corrected chi connectivity index (χ3v) is 5.07. The monoisotopic (exact) mass is 399 g/mol. The third-order valence-electron chi connectivity index (χ3n) is 5.07. The van der Waals surface area contributed by atoms with Crippen molar-refractivity contribution in [2.24, 2.45) is 0 Å². The first-order valence-electron chi connectivity index (χ1n) is 9.47. The molecule has 0 radical (unpaired) electrons. The SMILES string of the molecule is N#Cc1ccc(-n2cnc(C(=O)N[C@H]3CCN(c4nccn5ccnc45)C3)n2)cc1. The molecular formula is C20H17N9O. The van der Waals surface area contributed by atoms with Crippen LogP contribution >= 0.6 is 0 Å². The number of nitriles is 1. The Morgan fingerprint density at radius 3 is 2.73 bits per heavy atom. The highest BCUT2D eigenvalue weighted by Crippen LogP contribution is 2.22. The Bertz CT molecular complexity index is 1250. The number of fused-ring (bicyclic) bond motifs is 1. The molecule has 0 aliphatic carbocycles. The Morgan fingerprint density at radius 2 is 1.93 bits per heavy atom. The standard InChI is InChI=1S/C20H17N9O/c21-11-14-1-3-16(4-2-14)29-13-24-17(26-29)20(30)25-15-5-8-28(12-15)19-18-22-6-9-27(18)10-7-23-19/h1-4,6-7,9-10,13,15H,5,8,12H2,(H,25,30)/t15-/m0/s1. The zero-order valence-corrected chi connectivity index (χ0v) is 15.9. The van der Waals surface area contributed by atoms with Crippen molar-refractivity contribution < 1.29 is 4.79 Å². The highest BCUT2D eigenvalue weighted by atomic mass is 16.2. The minimum Gasteiger partial charge on any atom is -0.351 e. The number of imidazole rings is 1. The number of carbonyl (C=O) groups excluding carboxylic acids is 1. The van der Waals surface area contributed by atoms with E-state index in [-0.39, 0.29) is 17.8 Å². The van der Waals surface area contributed by atoms with E-state index in [0.29, 0.717) is 12.1 Å². The molecule has 1 N–H and O–H groups in total. The molecule has 0 saturated carbocycles. The Balaban J connectivity index is 1.26. The molecule has 5 rings (SSSR count). The van der Waals surface area contributed by atoms with Crippen LogP contribution in [0.2, 0.25) is 0 Å². The first-order valence-corrected chi connectivity index (χ1v) is 9.47. The van der Waals surface area contributed by atoms with E-state index in [0.717, 1.165) is 30.1 Å². The number of benzene rings is 1. The normalized spacial score (nSPS) is 16.0. The number of rotatable bonds is 4. The predicted molar refractivity (Wildman–Crippen MR) is 107 cm³/mol. The quantitative estimate of drug-likeness (QED) is 0.548. The van der Waals surface area contributed by atoms with E-state index in [9.17, 15) is 4.79 Å². The van der Waals surface area contributed by atoms with E-state index in [1.807, 2.05) is 16.8 Å². The molecule has 30 heavy (non-hydrogen) atoms. The molecule has 0 spiro atoms. The van der Waals surface area contributed by atoms with Crippen molar-refractivity contribution in [2.45, 2.75) is 12.5 Å². The van der Waals surface area contributed by atoms with E-state index in [4.69, 9.17) is 5.26 Å². The molecule has 0 unspecified atom stereocenters. The topological polar surface area (TPSA) is 117 Å². The fourth-order valence-electron chi connectivity index (χ4n) is 3.56. The number of nitrogens with zero attached hydrogens (tertiary/aromatic N) is 8.